The van der Waals surface area contributed by atoms with Gasteiger partial charge in [-0.25, -0.2) is 4.79 Å². The minimum Gasteiger partial charge on any atom is -0.504 e. The monoisotopic (exact) mass is 1210 g/mol. The maximum Gasteiger partial charge on any atom is 0.343 e. The lowest BCUT2D eigenvalue weighted by atomic mass is 9.77. The van der Waals surface area contributed by atoms with Gasteiger partial charge in [0.25, 0.3) is 0 Å². The van der Waals surface area contributed by atoms with E-state index in [9.17, 15) is 15.0 Å². The highest BCUT2D eigenvalue weighted by Gasteiger charge is 2.41. The summed E-state index contributed by atoms with van der Waals surface area (Å²) >= 11 is 0. The second-order valence-electron chi connectivity index (χ2n) is 26.0. The lowest BCUT2D eigenvalue weighted by Gasteiger charge is -2.29. The second-order valence-corrected chi connectivity index (χ2v) is 26.0. The summed E-state index contributed by atoms with van der Waals surface area (Å²) in [4.78, 5) is 44.8. The van der Waals surface area contributed by atoms with Crippen molar-refractivity contribution in [3.8, 4) is 40.2 Å². The molecule has 0 aromatic heterocycles. The summed E-state index contributed by atoms with van der Waals surface area (Å²) in [6.45, 7) is 8.87. The number of benzene rings is 7. The Balaban J connectivity index is 0.956. The summed E-state index contributed by atoms with van der Waals surface area (Å²) in [5.74, 6) is 0.762. The zero-order valence-corrected chi connectivity index (χ0v) is 53.9. The molecule has 474 valence electrons. The summed E-state index contributed by atoms with van der Waals surface area (Å²) in [7, 11) is 0. The highest BCUT2D eigenvalue weighted by Crippen LogP contribution is 2.51. The molecule has 0 atom stereocenters. The van der Waals surface area contributed by atoms with E-state index >= 15 is 9.59 Å². The molecular formula is C80H96N2O8. The number of rotatable bonds is 31. The van der Waals surface area contributed by atoms with Crippen molar-refractivity contribution in [1.29, 1.82) is 0 Å². The van der Waals surface area contributed by atoms with Crippen LogP contribution in [0.3, 0.4) is 0 Å². The van der Waals surface area contributed by atoms with Gasteiger partial charge in [-0.3, -0.25) is 9.59 Å². The van der Waals surface area contributed by atoms with E-state index in [0.29, 0.717) is 46.0 Å². The van der Waals surface area contributed by atoms with Crippen LogP contribution < -0.4 is 24.8 Å². The van der Waals surface area contributed by atoms with Crippen LogP contribution in [-0.2, 0) is 12.8 Å². The number of esters is 1. The minimum absolute atomic E-state index is 0.0212. The lowest BCUT2D eigenvalue weighted by Crippen LogP contribution is -2.24. The zero-order chi connectivity index (χ0) is 62.8. The maximum atomic E-state index is 15.7. The number of phenolic OH excluding ortho intramolecular Hbond substituents is 2. The van der Waals surface area contributed by atoms with E-state index in [-0.39, 0.29) is 45.1 Å². The Morgan fingerprint density at radius 1 is 0.422 bits per heavy atom. The molecule has 10 rings (SSSR count). The molecule has 0 saturated heterocycles. The van der Waals surface area contributed by atoms with Crippen LogP contribution in [0.5, 0.6) is 40.2 Å². The Morgan fingerprint density at radius 2 is 0.800 bits per heavy atom. The fraction of sp³-hybridized carbons (Fsp3) is 0.438. The van der Waals surface area contributed by atoms with Gasteiger partial charge in [-0.2, -0.15) is 0 Å². The van der Waals surface area contributed by atoms with Crippen molar-refractivity contribution < 1.29 is 38.8 Å². The summed E-state index contributed by atoms with van der Waals surface area (Å²) in [6.07, 6.45) is 32.7. The number of anilines is 4. The molecule has 0 amide bonds. The molecule has 0 radical (unpaired) electrons. The third-order valence-electron chi connectivity index (χ3n) is 19.4. The van der Waals surface area contributed by atoms with Gasteiger partial charge in [-0.15, -0.1) is 0 Å². The van der Waals surface area contributed by atoms with E-state index in [1.165, 1.54) is 131 Å². The number of ketones is 2. The average molecular weight is 1210 g/mol. The Bertz CT molecular complexity index is 3470. The van der Waals surface area contributed by atoms with Gasteiger partial charge in [0.1, 0.15) is 17.2 Å². The predicted octanol–water partition coefficient (Wildman–Crippen LogP) is 22.5. The van der Waals surface area contributed by atoms with Crippen molar-refractivity contribution in [1.82, 2.24) is 0 Å². The third-order valence-corrected chi connectivity index (χ3v) is 19.4. The smallest absolute Gasteiger partial charge is 0.343 e. The first kappa shape index (κ1) is 65.1. The summed E-state index contributed by atoms with van der Waals surface area (Å²) in [6, 6.07) is 41.2. The first-order chi connectivity index (χ1) is 44.0. The number of hydrogen-bond acceptors (Lipinski definition) is 10. The number of hydrogen-bond donors (Lipinski definition) is 4. The van der Waals surface area contributed by atoms with E-state index in [4.69, 9.17) is 14.2 Å². The number of phenols is 2. The van der Waals surface area contributed by atoms with Crippen LogP contribution >= 0.6 is 0 Å². The highest BCUT2D eigenvalue weighted by atomic mass is 16.5. The number of aryl methyl sites for hydroxylation is 2. The molecule has 7 aromatic rings. The van der Waals surface area contributed by atoms with Crippen molar-refractivity contribution in [3.05, 3.63) is 184 Å². The first-order valence-corrected chi connectivity index (χ1v) is 34.5. The summed E-state index contributed by atoms with van der Waals surface area (Å²) in [5, 5.41) is 31.7. The van der Waals surface area contributed by atoms with Crippen molar-refractivity contribution in [2.75, 3.05) is 10.6 Å². The van der Waals surface area contributed by atoms with Gasteiger partial charge in [0.2, 0.25) is 11.6 Å². The second kappa shape index (κ2) is 32.2. The predicted molar refractivity (Wildman–Crippen MR) is 365 cm³/mol. The summed E-state index contributed by atoms with van der Waals surface area (Å²) in [5.41, 5.74) is 5.77. The molecule has 0 spiro atoms. The van der Waals surface area contributed by atoms with Crippen molar-refractivity contribution in [3.63, 3.8) is 0 Å². The third kappa shape index (κ3) is 16.7. The number of nitrogens with one attached hydrogen (secondary N) is 2. The molecule has 4 N–H and O–H groups in total. The number of ether oxygens (including phenoxy) is 3. The SMILES string of the molecule is CCCCCCCC1CCC(c2ccc(Oc3cc(Nc4ccc(CCCCC)cc4)c4c(c3O)C(=O)c3c(Nc5ccc(C(=O)Oc6ccc(CCCC)cc6)cc5)cc(Oc5ccc(C6CCC(CCCCCCC)CC6)cc5)c(O)c3C4=O)cc2)CC1. The highest BCUT2D eigenvalue weighted by molar-refractivity contribution is 6.34. The van der Waals surface area contributed by atoms with Crippen LogP contribution in [0.1, 0.15) is 265 Å². The molecule has 10 heteroatoms. The largest absolute Gasteiger partial charge is 0.504 e. The number of unbranched alkanes of at least 4 members (excludes halogenated alkanes) is 11. The Morgan fingerprint density at radius 3 is 1.23 bits per heavy atom. The fourth-order valence-corrected chi connectivity index (χ4v) is 13.9. The molecule has 3 aliphatic carbocycles. The van der Waals surface area contributed by atoms with Gasteiger partial charge in [0.05, 0.1) is 39.2 Å². The van der Waals surface area contributed by atoms with Gasteiger partial charge in [0, 0.05) is 23.5 Å². The van der Waals surface area contributed by atoms with Crippen LogP contribution in [0.15, 0.2) is 133 Å². The number of aromatic hydroxyl groups is 2. The molecule has 0 aliphatic heterocycles. The van der Waals surface area contributed by atoms with E-state index in [1.54, 1.807) is 42.5 Å². The maximum absolute atomic E-state index is 15.7. The molecule has 3 aliphatic rings. The van der Waals surface area contributed by atoms with Gasteiger partial charge in [-0.05, 0) is 196 Å². The molecule has 2 fully saturated rings. The van der Waals surface area contributed by atoms with Gasteiger partial charge in [0.15, 0.2) is 23.0 Å². The zero-order valence-electron chi connectivity index (χ0n) is 53.9. The molecule has 2 saturated carbocycles. The molecular weight excluding hydrogens is 1120 g/mol. The molecule has 0 bridgehead atoms. The van der Waals surface area contributed by atoms with Gasteiger partial charge >= 0.3 is 5.97 Å². The van der Waals surface area contributed by atoms with Crippen molar-refractivity contribution in [2.24, 2.45) is 11.8 Å². The van der Waals surface area contributed by atoms with E-state index in [1.807, 2.05) is 48.5 Å². The van der Waals surface area contributed by atoms with Crippen LogP contribution in [-0.4, -0.2) is 27.7 Å². The van der Waals surface area contributed by atoms with Crippen molar-refractivity contribution >= 4 is 40.3 Å². The van der Waals surface area contributed by atoms with Crippen LogP contribution in [0.2, 0.25) is 0 Å². The van der Waals surface area contributed by atoms with E-state index in [2.05, 4.69) is 74.7 Å². The van der Waals surface area contributed by atoms with Gasteiger partial charge in [-0.1, -0.05) is 173 Å². The van der Waals surface area contributed by atoms with Crippen LogP contribution in [0.4, 0.5) is 22.7 Å². The Hall–Kier alpha value is -7.85. The normalized spacial score (nSPS) is 17.1. The fourth-order valence-electron chi connectivity index (χ4n) is 13.9. The molecule has 0 heterocycles. The molecule has 90 heavy (non-hydrogen) atoms. The van der Waals surface area contributed by atoms with Crippen LogP contribution in [0, 0.1) is 11.8 Å². The number of carbonyl (C=O) groups excluding carboxylic acids is 3. The molecule has 7 aromatic carbocycles. The van der Waals surface area contributed by atoms with E-state index in [0.717, 1.165) is 82.5 Å². The number of carbonyl (C=O) groups is 3. The van der Waals surface area contributed by atoms with E-state index < -0.39 is 29.0 Å². The van der Waals surface area contributed by atoms with Gasteiger partial charge < -0.3 is 35.1 Å². The summed E-state index contributed by atoms with van der Waals surface area (Å²) < 4.78 is 18.9. The van der Waals surface area contributed by atoms with Crippen LogP contribution in [0.25, 0.3) is 0 Å². The van der Waals surface area contributed by atoms with Crippen molar-refractivity contribution in [2.45, 2.75) is 213 Å². The lowest BCUT2D eigenvalue weighted by molar-refractivity contribution is 0.0734. The Kier molecular flexibility index (Phi) is 23.3. The first-order valence-electron chi connectivity index (χ1n) is 34.5. The topological polar surface area (TPSA) is 143 Å². The standard InChI is InChI=1S/C80H96N2O8/c1-5-9-13-15-18-22-55-24-32-58(33-25-55)60-38-48-65(49-39-60)88-70-52-68(81-63-42-28-57(29-43-63)21-17-11-7-3)72-74(76(70)83)79(86)73-69(82-64-44-36-62(37-45-64)80(87)90-67-46-30-54(31-47-67)20-12-8-4)53-71(77(84)75(73)78(72)85)89-66-50-40-61(41-51-66)59-34-26-56(27-35-59)23-19-16-14-10-6-2/h28-31,36-53,55-56,58-59,81-84H,5-27,32-35H2,1-4H3. The number of fused-ring (bicyclic) bond motifs is 2. The molecule has 0 unspecified atom stereocenters. The molecule has 10 nitrogen and oxygen atoms in total. The average Bonchev–Trinajstić information content (AvgIpc) is 0.806. The Labute approximate surface area is 535 Å². The minimum atomic E-state index is -0.718. The quantitative estimate of drug-likeness (QED) is 0.0144.